The molecule has 88 valence electrons. The van der Waals surface area contributed by atoms with Gasteiger partial charge in [-0.3, -0.25) is 0 Å². The van der Waals surface area contributed by atoms with Crippen LogP contribution in [0.15, 0.2) is 0 Å². The summed E-state index contributed by atoms with van der Waals surface area (Å²) in [5.41, 5.74) is 0. The first kappa shape index (κ1) is 15.4. The van der Waals surface area contributed by atoms with E-state index >= 15 is 0 Å². The van der Waals surface area contributed by atoms with Crippen LogP contribution in [0.25, 0.3) is 0 Å². The number of hydrogen-bond donors (Lipinski definition) is 2. The lowest BCUT2D eigenvalue weighted by Gasteiger charge is -2.36. The average molecular weight is 266 g/mol. The van der Waals surface area contributed by atoms with E-state index < -0.39 is 12.5 Å². The van der Waals surface area contributed by atoms with Crippen LogP contribution in [0.3, 0.4) is 0 Å². The first-order chi connectivity index (χ1) is 6.99. The third kappa shape index (κ3) is 3.70. The predicted octanol–water partition coefficient (Wildman–Crippen LogP) is 1.76. The van der Waals surface area contributed by atoms with Crippen molar-refractivity contribution in [2.75, 3.05) is 21.3 Å². The van der Waals surface area contributed by atoms with Gasteiger partial charge in [0.2, 0.25) is 0 Å². The van der Waals surface area contributed by atoms with Gasteiger partial charge in [0.15, 0.2) is 0 Å². The smallest absolute Gasteiger partial charge is 0.376 e. The molecule has 0 rings (SSSR count). The van der Waals surface area contributed by atoms with Crippen LogP contribution in [0, 0.1) is 12.3 Å². The lowest BCUT2D eigenvalue weighted by Crippen LogP contribution is -2.58. The molecule has 0 heterocycles. The Morgan fingerprint density at radius 1 is 1.20 bits per heavy atom. The summed E-state index contributed by atoms with van der Waals surface area (Å²) in [7, 11) is 1.79. The van der Waals surface area contributed by atoms with Crippen LogP contribution in [0.2, 0.25) is 0 Å². The van der Waals surface area contributed by atoms with Crippen molar-refractivity contribution in [2.24, 2.45) is 0 Å². The van der Waals surface area contributed by atoms with Gasteiger partial charge in [0, 0.05) is 27.8 Å². The second-order valence-electron chi connectivity index (χ2n) is 3.04. The molecule has 0 N–H and O–H groups in total. The summed E-state index contributed by atoms with van der Waals surface area (Å²) >= 11 is 8.93. The maximum Gasteiger partial charge on any atom is 0.527 e. The van der Waals surface area contributed by atoms with Gasteiger partial charge >= 0.3 is 8.80 Å². The van der Waals surface area contributed by atoms with Gasteiger partial charge in [-0.2, -0.15) is 25.3 Å². The van der Waals surface area contributed by atoms with E-state index in [9.17, 15) is 0 Å². The zero-order valence-electron chi connectivity index (χ0n) is 9.32. The second kappa shape index (κ2) is 6.84. The summed E-state index contributed by atoms with van der Waals surface area (Å²) in [6, 6.07) is 0. The number of unbranched alkanes of at least 4 members (excludes halogenated alkanes) is 1. The topological polar surface area (TPSA) is 27.7 Å². The molecule has 0 aromatic rings. The Bertz CT molecular complexity index is 216. The molecule has 0 spiro atoms. The van der Waals surface area contributed by atoms with Crippen molar-refractivity contribution in [3.05, 3.63) is 0 Å². The van der Waals surface area contributed by atoms with Crippen LogP contribution in [-0.4, -0.2) is 33.8 Å². The van der Waals surface area contributed by atoms with Crippen molar-refractivity contribution in [2.45, 2.75) is 23.0 Å². The molecule has 0 fully saturated rings. The van der Waals surface area contributed by atoms with E-state index in [1.54, 1.807) is 21.3 Å². The zero-order valence-corrected chi connectivity index (χ0v) is 12.1. The molecule has 0 saturated heterocycles. The normalized spacial score (nSPS) is 12.5. The Morgan fingerprint density at radius 3 is 2.00 bits per heavy atom. The summed E-state index contributed by atoms with van der Waals surface area (Å²) in [6.07, 6.45) is 7.35. The number of hydrogen-bond acceptors (Lipinski definition) is 5. The van der Waals surface area contributed by atoms with Crippen LogP contribution in [-0.2, 0) is 13.3 Å². The Balaban J connectivity index is 4.57. The van der Waals surface area contributed by atoms with E-state index in [2.05, 4.69) is 31.2 Å². The minimum atomic E-state index is -2.84. The maximum absolute atomic E-state index is 5.32. The highest BCUT2D eigenvalue weighted by Gasteiger charge is 2.55. The molecule has 0 saturated carbocycles. The summed E-state index contributed by atoms with van der Waals surface area (Å²) in [4.78, 5) is 0. The molecule has 0 aromatic heterocycles. The molecule has 0 atom stereocenters. The van der Waals surface area contributed by atoms with Crippen molar-refractivity contribution in [1.29, 1.82) is 0 Å². The highest BCUT2D eigenvalue weighted by molar-refractivity contribution is 8.03. The number of thiol groups is 2. The summed E-state index contributed by atoms with van der Waals surface area (Å²) in [6.45, 7) is 0. The fraction of sp³-hybridized carbons (Fsp3) is 0.778. The lowest BCUT2D eigenvalue weighted by molar-refractivity contribution is 0.117. The standard InChI is InChI=1S/C9H18O3S2Si/c1-5-6-7-8-9(13,14)15(10-2,11-3)12-4/h1,13-14H,6-8H2,2-4H3. The zero-order chi connectivity index (χ0) is 11.9. The molecule has 6 heteroatoms. The Kier molecular flexibility index (Phi) is 7.00. The van der Waals surface area contributed by atoms with Gasteiger partial charge in [0.1, 0.15) is 3.70 Å². The monoisotopic (exact) mass is 266 g/mol. The van der Waals surface area contributed by atoms with Crippen molar-refractivity contribution in [3.8, 4) is 12.3 Å². The van der Waals surface area contributed by atoms with E-state index in [-0.39, 0.29) is 0 Å². The largest absolute Gasteiger partial charge is 0.527 e. The average Bonchev–Trinajstić information content (AvgIpc) is 2.21. The molecule has 0 aliphatic carbocycles. The highest BCUT2D eigenvalue weighted by Crippen LogP contribution is 2.37. The third-order valence-electron chi connectivity index (χ3n) is 2.14. The van der Waals surface area contributed by atoms with Crippen molar-refractivity contribution < 1.29 is 13.3 Å². The fourth-order valence-electron chi connectivity index (χ4n) is 1.33. The molecule has 0 bridgehead atoms. The first-order valence-corrected chi connectivity index (χ1v) is 7.15. The number of terminal acetylenes is 1. The first-order valence-electron chi connectivity index (χ1n) is 4.53. The van der Waals surface area contributed by atoms with E-state index in [0.29, 0.717) is 12.8 Å². The van der Waals surface area contributed by atoms with Gasteiger partial charge in [-0.25, -0.2) is 0 Å². The minimum Gasteiger partial charge on any atom is -0.376 e. The molecule has 0 aliphatic heterocycles. The Morgan fingerprint density at radius 2 is 1.67 bits per heavy atom. The molecular weight excluding hydrogens is 248 g/mol. The molecule has 0 amide bonds. The molecule has 0 aliphatic rings. The Hall–Kier alpha value is 0.357. The molecule has 0 radical (unpaired) electrons. The number of rotatable bonds is 7. The van der Waals surface area contributed by atoms with Crippen molar-refractivity contribution >= 4 is 34.1 Å². The molecular formula is C9H18O3S2Si. The summed E-state index contributed by atoms with van der Waals surface area (Å²) < 4.78 is 15.2. The van der Waals surface area contributed by atoms with Crippen LogP contribution in [0.1, 0.15) is 19.3 Å². The maximum atomic E-state index is 5.32. The van der Waals surface area contributed by atoms with E-state index in [1.165, 1.54) is 0 Å². The van der Waals surface area contributed by atoms with E-state index in [0.717, 1.165) is 6.42 Å². The minimum absolute atomic E-state index is 0.672. The predicted molar refractivity (Wildman–Crippen MR) is 70.2 cm³/mol. The van der Waals surface area contributed by atoms with E-state index in [1.807, 2.05) is 0 Å². The Labute approximate surface area is 104 Å². The van der Waals surface area contributed by atoms with Crippen LogP contribution in [0.5, 0.6) is 0 Å². The van der Waals surface area contributed by atoms with Gasteiger partial charge < -0.3 is 13.3 Å². The van der Waals surface area contributed by atoms with Crippen molar-refractivity contribution in [3.63, 3.8) is 0 Å². The van der Waals surface area contributed by atoms with Gasteiger partial charge in [-0.15, -0.1) is 12.3 Å². The third-order valence-corrected chi connectivity index (χ3v) is 7.08. The fourth-order valence-corrected chi connectivity index (χ4v) is 5.25. The lowest BCUT2D eigenvalue weighted by atomic mass is 10.2. The second-order valence-corrected chi connectivity index (χ2v) is 8.95. The van der Waals surface area contributed by atoms with Crippen LogP contribution < -0.4 is 0 Å². The van der Waals surface area contributed by atoms with Gasteiger partial charge in [-0.05, 0) is 12.8 Å². The summed E-state index contributed by atoms with van der Waals surface area (Å²) in [5, 5.41) is 0. The molecule has 3 nitrogen and oxygen atoms in total. The summed E-state index contributed by atoms with van der Waals surface area (Å²) in [5.74, 6) is 2.57. The van der Waals surface area contributed by atoms with Crippen LogP contribution in [0.4, 0.5) is 0 Å². The van der Waals surface area contributed by atoms with Gasteiger partial charge in [0.25, 0.3) is 0 Å². The van der Waals surface area contributed by atoms with E-state index in [4.69, 9.17) is 19.7 Å². The van der Waals surface area contributed by atoms with Crippen molar-refractivity contribution in [1.82, 2.24) is 0 Å². The van der Waals surface area contributed by atoms with Gasteiger partial charge in [-0.1, -0.05) is 0 Å². The molecule has 0 aromatic carbocycles. The van der Waals surface area contributed by atoms with Gasteiger partial charge in [0.05, 0.1) is 0 Å². The molecule has 0 unspecified atom stereocenters. The SMILES string of the molecule is C#CCCCC(S)(S)[Si](OC)(OC)OC. The quantitative estimate of drug-likeness (QED) is 0.242. The molecule has 15 heavy (non-hydrogen) atoms. The highest BCUT2D eigenvalue weighted by atomic mass is 32.2. The van der Waals surface area contributed by atoms with Crippen LogP contribution >= 0.6 is 25.3 Å².